The average Bonchev–Trinajstić information content (AvgIpc) is 2.46. The van der Waals surface area contributed by atoms with Gasteiger partial charge in [0.15, 0.2) is 0 Å². The molecule has 2 N–H and O–H groups in total. The Balaban J connectivity index is 1.68. The second kappa shape index (κ2) is 7.64. The number of phenolic OH excluding ortho intramolecular Hbond substituents is 1. The van der Waals surface area contributed by atoms with Crippen LogP contribution in [0.2, 0.25) is 0 Å². The van der Waals surface area contributed by atoms with E-state index in [0.29, 0.717) is 6.54 Å². The fraction of sp³-hybridized carbons (Fsp3) is 0.294. The first-order valence-electron chi connectivity index (χ1n) is 7.10. The molecule has 4 heteroatoms. The van der Waals surface area contributed by atoms with Crippen molar-refractivity contribution < 1.29 is 9.50 Å². The fourth-order valence-corrected chi connectivity index (χ4v) is 2.22. The van der Waals surface area contributed by atoms with E-state index in [0.717, 1.165) is 31.1 Å². The van der Waals surface area contributed by atoms with Crippen LogP contribution in [0.5, 0.6) is 5.75 Å². The summed E-state index contributed by atoms with van der Waals surface area (Å²) in [5.74, 6) is -0.439. The van der Waals surface area contributed by atoms with E-state index in [9.17, 15) is 9.50 Å². The molecule has 21 heavy (non-hydrogen) atoms. The Kier molecular flexibility index (Phi) is 5.58. The van der Waals surface area contributed by atoms with Gasteiger partial charge in [-0.2, -0.15) is 0 Å². The summed E-state index contributed by atoms with van der Waals surface area (Å²) in [6.07, 6.45) is 0.993. The summed E-state index contributed by atoms with van der Waals surface area (Å²) in [4.78, 5) is 2.20. The molecule has 2 aromatic carbocycles. The number of hydrogen-bond donors (Lipinski definition) is 2. The summed E-state index contributed by atoms with van der Waals surface area (Å²) in [6, 6.07) is 14.4. The molecule has 0 aliphatic heterocycles. The zero-order valence-electron chi connectivity index (χ0n) is 12.2. The molecule has 0 bridgehead atoms. The Bertz CT molecular complexity index is 540. The van der Waals surface area contributed by atoms with Gasteiger partial charge >= 0.3 is 0 Å². The summed E-state index contributed by atoms with van der Waals surface area (Å²) in [6.45, 7) is 2.35. The third kappa shape index (κ3) is 5.08. The van der Waals surface area contributed by atoms with Crippen LogP contribution in [0.4, 0.5) is 10.1 Å². The molecule has 0 radical (unpaired) electrons. The molecule has 0 spiro atoms. The number of para-hydroxylation sites is 1. The van der Waals surface area contributed by atoms with Crippen molar-refractivity contribution in [1.29, 1.82) is 0 Å². The van der Waals surface area contributed by atoms with Gasteiger partial charge in [-0.05, 0) is 42.8 Å². The lowest BCUT2D eigenvalue weighted by Gasteiger charge is -2.19. The highest BCUT2D eigenvalue weighted by atomic mass is 19.1. The molecule has 3 nitrogen and oxygen atoms in total. The van der Waals surface area contributed by atoms with Gasteiger partial charge in [-0.25, -0.2) is 4.39 Å². The van der Waals surface area contributed by atoms with Gasteiger partial charge in [0.1, 0.15) is 11.6 Å². The molecule has 0 saturated carbocycles. The van der Waals surface area contributed by atoms with Crippen LogP contribution in [-0.4, -0.2) is 25.2 Å². The topological polar surface area (TPSA) is 35.5 Å². The van der Waals surface area contributed by atoms with Crippen molar-refractivity contribution in [3.63, 3.8) is 0 Å². The molecular formula is C17H21FN2O. The third-order valence-electron chi connectivity index (χ3n) is 3.32. The molecule has 0 aliphatic carbocycles. The molecule has 0 fully saturated rings. The number of rotatable bonds is 7. The minimum absolute atomic E-state index is 0.0318. The normalized spacial score (nSPS) is 10.6. The fourth-order valence-electron chi connectivity index (χ4n) is 2.22. The molecular weight excluding hydrogens is 267 g/mol. The number of phenols is 1. The number of aromatic hydroxyl groups is 1. The first-order valence-corrected chi connectivity index (χ1v) is 7.10. The molecule has 0 unspecified atom stereocenters. The van der Waals surface area contributed by atoms with E-state index in [1.54, 1.807) is 6.07 Å². The van der Waals surface area contributed by atoms with Crippen molar-refractivity contribution in [2.24, 2.45) is 0 Å². The molecule has 0 aliphatic rings. The number of benzene rings is 2. The Morgan fingerprint density at radius 3 is 2.62 bits per heavy atom. The summed E-state index contributed by atoms with van der Waals surface area (Å²) in [5.41, 5.74) is 1.96. The van der Waals surface area contributed by atoms with E-state index in [1.807, 2.05) is 18.2 Å². The van der Waals surface area contributed by atoms with Crippen LogP contribution in [0, 0.1) is 5.82 Å². The predicted octanol–water partition coefficient (Wildman–Crippen LogP) is 3.15. The van der Waals surface area contributed by atoms with Crippen LogP contribution in [0.15, 0.2) is 48.5 Å². The minimum Gasteiger partial charge on any atom is -0.508 e. The van der Waals surface area contributed by atoms with E-state index < -0.39 is 5.82 Å². The van der Waals surface area contributed by atoms with Crippen LogP contribution in [0.3, 0.4) is 0 Å². The van der Waals surface area contributed by atoms with Crippen LogP contribution in [0.1, 0.15) is 12.0 Å². The molecule has 112 valence electrons. The molecule has 0 aromatic heterocycles. The largest absolute Gasteiger partial charge is 0.508 e. The smallest absolute Gasteiger partial charge is 0.127 e. The van der Waals surface area contributed by atoms with Crippen molar-refractivity contribution in [2.75, 3.05) is 25.0 Å². The predicted molar refractivity (Wildman–Crippen MR) is 84.1 cm³/mol. The maximum atomic E-state index is 13.1. The van der Waals surface area contributed by atoms with Gasteiger partial charge in [-0.1, -0.05) is 18.2 Å². The van der Waals surface area contributed by atoms with Crippen molar-refractivity contribution in [3.05, 3.63) is 59.9 Å². The SMILES string of the molecule is CN(CCCNCc1cc(O)cc(F)c1)c1ccccc1. The minimum atomic E-state index is -0.407. The third-order valence-corrected chi connectivity index (χ3v) is 3.32. The lowest BCUT2D eigenvalue weighted by Crippen LogP contribution is -2.23. The van der Waals surface area contributed by atoms with E-state index in [2.05, 4.69) is 29.4 Å². The Labute approximate surface area is 125 Å². The van der Waals surface area contributed by atoms with Gasteiger partial charge in [0.05, 0.1) is 0 Å². The highest BCUT2D eigenvalue weighted by Crippen LogP contribution is 2.14. The Morgan fingerprint density at radius 2 is 1.90 bits per heavy atom. The number of nitrogens with zero attached hydrogens (tertiary/aromatic N) is 1. The van der Waals surface area contributed by atoms with Crippen LogP contribution in [0.25, 0.3) is 0 Å². The maximum absolute atomic E-state index is 13.1. The second-order valence-corrected chi connectivity index (χ2v) is 5.11. The Hall–Kier alpha value is -2.07. The van der Waals surface area contributed by atoms with Gasteiger partial charge in [-0.3, -0.25) is 0 Å². The van der Waals surface area contributed by atoms with Gasteiger partial charge in [0, 0.05) is 31.9 Å². The van der Waals surface area contributed by atoms with E-state index in [-0.39, 0.29) is 5.75 Å². The van der Waals surface area contributed by atoms with Gasteiger partial charge in [0.2, 0.25) is 0 Å². The van der Waals surface area contributed by atoms with Gasteiger partial charge in [0.25, 0.3) is 0 Å². The second-order valence-electron chi connectivity index (χ2n) is 5.11. The monoisotopic (exact) mass is 288 g/mol. The van der Waals surface area contributed by atoms with E-state index >= 15 is 0 Å². The lowest BCUT2D eigenvalue weighted by atomic mass is 10.2. The van der Waals surface area contributed by atoms with Gasteiger partial charge < -0.3 is 15.3 Å². The summed E-state index contributed by atoms with van der Waals surface area (Å²) in [7, 11) is 2.07. The average molecular weight is 288 g/mol. The summed E-state index contributed by atoms with van der Waals surface area (Å²) >= 11 is 0. The zero-order valence-corrected chi connectivity index (χ0v) is 12.2. The van der Waals surface area contributed by atoms with Crippen molar-refractivity contribution in [1.82, 2.24) is 5.32 Å². The van der Waals surface area contributed by atoms with Crippen LogP contribution in [-0.2, 0) is 6.54 Å². The lowest BCUT2D eigenvalue weighted by molar-refractivity contribution is 0.467. The van der Waals surface area contributed by atoms with Crippen molar-refractivity contribution in [2.45, 2.75) is 13.0 Å². The molecule has 0 atom stereocenters. The zero-order chi connectivity index (χ0) is 15.1. The first-order chi connectivity index (χ1) is 10.1. The number of nitrogens with one attached hydrogen (secondary N) is 1. The number of anilines is 1. The molecule has 0 heterocycles. The quantitative estimate of drug-likeness (QED) is 0.768. The molecule has 0 saturated heterocycles. The standard InChI is InChI=1S/C17H21FN2O/c1-20(16-6-3-2-4-7-16)9-5-8-19-13-14-10-15(18)12-17(21)11-14/h2-4,6-7,10-12,19,21H,5,8-9,13H2,1H3. The highest BCUT2D eigenvalue weighted by Gasteiger charge is 2.01. The summed E-state index contributed by atoms with van der Waals surface area (Å²) in [5, 5.41) is 12.6. The van der Waals surface area contributed by atoms with Crippen molar-refractivity contribution in [3.8, 4) is 5.75 Å². The highest BCUT2D eigenvalue weighted by molar-refractivity contribution is 5.44. The molecule has 0 amide bonds. The van der Waals surface area contributed by atoms with Crippen LogP contribution < -0.4 is 10.2 Å². The number of halogens is 1. The van der Waals surface area contributed by atoms with E-state index in [4.69, 9.17) is 0 Å². The first kappa shape index (κ1) is 15.3. The Morgan fingerprint density at radius 1 is 1.14 bits per heavy atom. The molecule has 2 aromatic rings. The van der Waals surface area contributed by atoms with Crippen LogP contribution >= 0.6 is 0 Å². The van der Waals surface area contributed by atoms with E-state index in [1.165, 1.54) is 11.8 Å². The number of hydrogen-bond acceptors (Lipinski definition) is 3. The molecule has 2 rings (SSSR count). The maximum Gasteiger partial charge on any atom is 0.127 e. The summed E-state index contributed by atoms with van der Waals surface area (Å²) < 4.78 is 13.1. The van der Waals surface area contributed by atoms with Gasteiger partial charge in [-0.15, -0.1) is 0 Å². The van der Waals surface area contributed by atoms with Crippen molar-refractivity contribution >= 4 is 5.69 Å².